The van der Waals surface area contributed by atoms with Crippen molar-refractivity contribution >= 4 is 5.69 Å². The summed E-state index contributed by atoms with van der Waals surface area (Å²) in [6, 6.07) is 8.22. The minimum absolute atomic E-state index is 0.324. The molecule has 1 heterocycles. The number of allylic oxidation sites excluding steroid dienone is 1. The van der Waals surface area contributed by atoms with Crippen LogP contribution in [-0.2, 0) is 6.54 Å². The van der Waals surface area contributed by atoms with Gasteiger partial charge in [0.1, 0.15) is 0 Å². The molecule has 1 aromatic carbocycles. The number of hydrogen-bond acceptors (Lipinski definition) is 3. The normalized spacial score (nSPS) is 16.2. The average molecular weight is 296 g/mol. The van der Waals surface area contributed by atoms with Crippen LogP contribution in [0.4, 0.5) is 5.69 Å². The van der Waals surface area contributed by atoms with Crippen LogP contribution in [0, 0.1) is 12.8 Å². The van der Waals surface area contributed by atoms with Gasteiger partial charge in [0.15, 0.2) is 0 Å². The number of nitrogen functional groups attached to an aromatic ring is 1. The molecule has 4 nitrogen and oxygen atoms in total. The minimum Gasteiger partial charge on any atom is -0.401 e. The van der Waals surface area contributed by atoms with E-state index in [2.05, 4.69) is 31.8 Å². The van der Waals surface area contributed by atoms with Gasteiger partial charge in [-0.05, 0) is 48.9 Å². The Hall–Kier alpha value is -2.23. The Morgan fingerprint density at radius 3 is 2.82 bits per heavy atom. The summed E-state index contributed by atoms with van der Waals surface area (Å²) < 4.78 is 1.89. The third-order valence-corrected chi connectivity index (χ3v) is 4.53. The second-order valence-corrected chi connectivity index (χ2v) is 6.39. The van der Waals surface area contributed by atoms with E-state index in [1.54, 1.807) is 0 Å². The number of benzene rings is 1. The molecular weight excluding hydrogens is 272 g/mol. The average Bonchev–Trinajstić information content (AvgIpc) is 2.73. The van der Waals surface area contributed by atoms with Crippen LogP contribution in [0.25, 0.3) is 0 Å². The lowest BCUT2D eigenvalue weighted by Gasteiger charge is -2.33. The molecule has 4 heteroatoms. The molecule has 4 N–H and O–H groups in total. The molecule has 1 atom stereocenters. The van der Waals surface area contributed by atoms with E-state index in [-0.39, 0.29) is 0 Å². The highest BCUT2D eigenvalue weighted by molar-refractivity contribution is 5.45. The maximum atomic E-state index is 5.99. The summed E-state index contributed by atoms with van der Waals surface area (Å²) in [5.41, 5.74) is 16.8. The van der Waals surface area contributed by atoms with Crippen molar-refractivity contribution in [2.45, 2.75) is 38.6 Å². The number of nitrogens with zero attached hydrogens (tertiary/aromatic N) is 2. The van der Waals surface area contributed by atoms with Crippen molar-refractivity contribution in [3.63, 3.8) is 0 Å². The number of nitrogens with two attached hydrogens (primary N) is 2. The highest BCUT2D eigenvalue weighted by atomic mass is 15.3. The Bertz CT molecular complexity index is 682. The van der Waals surface area contributed by atoms with Crippen LogP contribution in [0.1, 0.15) is 42.0 Å². The van der Waals surface area contributed by atoms with E-state index in [0.717, 1.165) is 11.4 Å². The number of aryl methyl sites for hydroxylation is 1. The molecule has 116 valence electrons. The fourth-order valence-corrected chi connectivity index (χ4v) is 3.31. The number of rotatable bonds is 5. The van der Waals surface area contributed by atoms with Crippen molar-refractivity contribution in [3.8, 4) is 0 Å². The zero-order chi connectivity index (χ0) is 15.7. The third kappa shape index (κ3) is 2.86. The van der Waals surface area contributed by atoms with Gasteiger partial charge in [-0.3, -0.25) is 4.68 Å². The summed E-state index contributed by atoms with van der Waals surface area (Å²) in [6.07, 6.45) is 5.89. The summed E-state index contributed by atoms with van der Waals surface area (Å²) in [6.45, 7) is 6.45. The predicted octanol–water partition coefficient (Wildman–Crippen LogP) is 3.18. The van der Waals surface area contributed by atoms with E-state index in [0.29, 0.717) is 24.1 Å². The molecule has 1 aliphatic rings. The van der Waals surface area contributed by atoms with Gasteiger partial charge < -0.3 is 11.5 Å². The first-order valence-electron chi connectivity index (χ1n) is 7.87. The number of hydrogen-bond donors (Lipinski definition) is 2. The Morgan fingerprint density at radius 2 is 2.23 bits per heavy atom. The van der Waals surface area contributed by atoms with Crippen molar-refractivity contribution in [1.82, 2.24) is 9.78 Å². The Kier molecular flexibility index (Phi) is 3.92. The van der Waals surface area contributed by atoms with Gasteiger partial charge in [-0.15, -0.1) is 0 Å². The third-order valence-electron chi connectivity index (χ3n) is 4.53. The van der Waals surface area contributed by atoms with Crippen LogP contribution in [0.5, 0.6) is 0 Å². The van der Waals surface area contributed by atoms with E-state index < -0.39 is 0 Å². The quantitative estimate of drug-likeness (QED) is 0.833. The lowest BCUT2D eigenvalue weighted by Crippen LogP contribution is -2.22. The van der Waals surface area contributed by atoms with Crippen LogP contribution in [0.3, 0.4) is 0 Å². The second kappa shape index (κ2) is 5.87. The maximum Gasteiger partial charge on any atom is 0.0797 e. The molecular formula is C18H24N4. The minimum atomic E-state index is 0.324. The van der Waals surface area contributed by atoms with Gasteiger partial charge in [-0.1, -0.05) is 25.1 Å². The standard InChI is InChI=1S/C18H24N4/c1-12-10-22(11-13(2)19)21-18(12)17(14-5-3-6-14)15-7-4-8-16(20)9-15/h4,7-10,14,17H,2-3,5-6,11,19-20H2,1H3. The predicted molar refractivity (Wildman–Crippen MR) is 90.3 cm³/mol. The van der Waals surface area contributed by atoms with Gasteiger partial charge in [0.05, 0.1) is 12.2 Å². The van der Waals surface area contributed by atoms with Crippen LogP contribution >= 0.6 is 0 Å². The lowest BCUT2D eigenvalue weighted by molar-refractivity contribution is 0.279. The van der Waals surface area contributed by atoms with E-state index >= 15 is 0 Å². The van der Waals surface area contributed by atoms with Crippen LogP contribution < -0.4 is 11.5 Å². The molecule has 1 aliphatic carbocycles. The van der Waals surface area contributed by atoms with Gasteiger partial charge in [0.2, 0.25) is 0 Å². The lowest BCUT2D eigenvalue weighted by atomic mass is 9.71. The molecule has 22 heavy (non-hydrogen) atoms. The van der Waals surface area contributed by atoms with Crippen LogP contribution in [0.15, 0.2) is 42.7 Å². The largest absolute Gasteiger partial charge is 0.401 e. The fourth-order valence-electron chi connectivity index (χ4n) is 3.31. The highest BCUT2D eigenvalue weighted by Crippen LogP contribution is 2.43. The van der Waals surface area contributed by atoms with E-state index in [1.807, 2.05) is 16.8 Å². The zero-order valence-corrected chi connectivity index (χ0v) is 13.1. The molecule has 3 rings (SSSR count). The molecule has 0 radical (unpaired) electrons. The molecule has 1 saturated carbocycles. The van der Waals surface area contributed by atoms with Crippen LogP contribution in [0.2, 0.25) is 0 Å². The van der Waals surface area contributed by atoms with E-state index in [1.165, 1.54) is 30.4 Å². The summed E-state index contributed by atoms with van der Waals surface area (Å²) in [4.78, 5) is 0. The van der Waals surface area contributed by atoms with Crippen molar-refractivity contribution < 1.29 is 0 Å². The Balaban J connectivity index is 1.99. The Morgan fingerprint density at radius 1 is 1.45 bits per heavy atom. The van der Waals surface area contributed by atoms with Crippen molar-refractivity contribution in [2.24, 2.45) is 11.7 Å². The molecule has 0 bridgehead atoms. The zero-order valence-electron chi connectivity index (χ0n) is 13.1. The van der Waals surface area contributed by atoms with Crippen LogP contribution in [-0.4, -0.2) is 9.78 Å². The number of anilines is 1. The molecule has 1 unspecified atom stereocenters. The van der Waals surface area contributed by atoms with Gasteiger partial charge >= 0.3 is 0 Å². The Labute approximate surface area is 131 Å². The van der Waals surface area contributed by atoms with E-state index in [4.69, 9.17) is 16.6 Å². The molecule has 0 spiro atoms. The highest BCUT2D eigenvalue weighted by Gasteiger charge is 2.32. The first kappa shape index (κ1) is 14.7. The molecule has 2 aromatic rings. The van der Waals surface area contributed by atoms with Gasteiger partial charge in [0, 0.05) is 23.5 Å². The summed E-state index contributed by atoms with van der Waals surface area (Å²) in [5.74, 6) is 0.981. The van der Waals surface area contributed by atoms with Crippen molar-refractivity contribution in [1.29, 1.82) is 0 Å². The van der Waals surface area contributed by atoms with Crippen molar-refractivity contribution in [3.05, 3.63) is 59.6 Å². The van der Waals surface area contributed by atoms with Gasteiger partial charge in [-0.25, -0.2) is 0 Å². The van der Waals surface area contributed by atoms with Crippen molar-refractivity contribution in [2.75, 3.05) is 5.73 Å². The smallest absolute Gasteiger partial charge is 0.0797 e. The molecule has 0 amide bonds. The first-order valence-corrected chi connectivity index (χ1v) is 7.87. The fraction of sp³-hybridized carbons (Fsp3) is 0.389. The molecule has 0 saturated heterocycles. The summed E-state index contributed by atoms with van der Waals surface area (Å²) in [5, 5.41) is 4.79. The summed E-state index contributed by atoms with van der Waals surface area (Å²) >= 11 is 0. The van der Waals surface area contributed by atoms with E-state index in [9.17, 15) is 0 Å². The van der Waals surface area contributed by atoms with Gasteiger partial charge in [0.25, 0.3) is 0 Å². The molecule has 0 aliphatic heterocycles. The maximum absolute atomic E-state index is 5.99. The summed E-state index contributed by atoms with van der Waals surface area (Å²) in [7, 11) is 0. The monoisotopic (exact) mass is 296 g/mol. The van der Waals surface area contributed by atoms with Gasteiger partial charge in [-0.2, -0.15) is 5.10 Å². The second-order valence-electron chi connectivity index (χ2n) is 6.39. The SMILES string of the molecule is C=C(N)Cn1cc(C)c(C(c2cccc(N)c2)C2CCC2)n1. The molecule has 1 aromatic heterocycles. The topological polar surface area (TPSA) is 69.9 Å². The first-order chi connectivity index (χ1) is 10.5. The molecule has 1 fully saturated rings. The number of aromatic nitrogens is 2.